The van der Waals surface area contributed by atoms with Gasteiger partial charge in [0, 0.05) is 103 Å². The van der Waals surface area contributed by atoms with Crippen molar-refractivity contribution in [2.45, 2.75) is 123 Å². The summed E-state index contributed by atoms with van der Waals surface area (Å²) in [6, 6.07) is 24.9. The summed E-state index contributed by atoms with van der Waals surface area (Å²) in [4.78, 5) is 74.7. The summed E-state index contributed by atoms with van der Waals surface area (Å²) in [5.74, 6) is 0.154. The average molecular weight is 1110 g/mol. The van der Waals surface area contributed by atoms with E-state index >= 15 is 0 Å². The van der Waals surface area contributed by atoms with Crippen LogP contribution in [0.2, 0.25) is 25.7 Å². The van der Waals surface area contributed by atoms with Gasteiger partial charge in [0.15, 0.2) is 34.3 Å². The number of ketones is 3. The second-order valence-corrected chi connectivity index (χ2v) is 29.9. The zero-order chi connectivity index (χ0) is 58.3. The second kappa shape index (κ2) is 25.7. The molecule has 0 atom stereocenters. The number of hydrogen-bond donors (Lipinski definition) is 4. The van der Waals surface area contributed by atoms with E-state index in [9.17, 15) is 14.4 Å². The van der Waals surface area contributed by atoms with Crippen molar-refractivity contribution in [2.75, 3.05) is 42.2 Å². The number of H-pyrrole nitrogens is 2. The van der Waals surface area contributed by atoms with E-state index in [1.807, 2.05) is 134 Å². The summed E-state index contributed by atoms with van der Waals surface area (Å²) in [6.45, 7) is 34.3. The number of carbonyl (C=O) groups excluding carboxylic acids is 3. The molecule has 16 nitrogen and oxygen atoms in total. The molecule has 9 aromatic rings. The molecule has 0 saturated carbocycles. The molecule has 0 aliphatic carbocycles. The monoisotopic (exact) mass is 1110 g/mol. The molecule has 0 radical (unpaired) electrons. The number of fused-ring (bicyclic) bond motifs is 3. The number of Topliss-reactive ketones (excluding diaryl/α,β-unsaturated/α-hetero) is 3. The maximum Gasteiger partial charge on any atom is 0.171 e. The molecule has 6 heterocycles. The van der Waals surface area contributed by atoms with Crippen molar-refractivity contribution >= 4 is 76.0 Å². The van der Waals surface area contributed by atoms with Gasteiger partial charge >= 0.3 is 0 Å². The van der Waals surface area contributed by atoms with Crippen LogP contribution in [0.15, 0.2) is 110 Å². The molecule has 0 spiro atoms. The normalized spacial score (nSPS) is 11.8. The fourth-order valence-corrected chi connectivity index (χ4v) is 9.51. The summed E-state index contributed by atoms with van der Waals surface area (Å²) in [7, 11) is -1.16. The number of rotatable bonds is 16. The molecule has 0 aliphatic heterocycles. The molecule has 6 aromatic heterocycles. The van der Waals surface area contributed by atoms with E-state index in [1.165, 1.54) is 0 Å². The van der Waals surface area contributed by atoms with Crippen LogP contribution in [0.5, 0.6) is 0 Å². The minimum atomic E-state index is -1.16. The Kier molecular flexibility index (Phi) is 19.8. The van der Waals surface area contributed by atoms with Gasteiger partial charge in [-0.05, 0) is 63.2 Å². The average Bonchev–Trinajstić information content (AvgIpc) is 4.34. The molecule has 0 fully saturated rings. The number of carbonyl (C=O) groups is 3. The van der Waals surface area contributed by atoms with Gasteiger partial charge in [0.05, 0.1) is 52.4 Å². The lowest BCUT2D eigenvalue weighted by atomic mass is 9.87. The zero-order valence-corrected chi connectivity index (χ0v) is 50.4. The van der Waals surface area contributed by atoms with Gasteiger partial charge in [-0.3, -0.25) is 14.4 Å². The molecule has 0 aliphatic rings. The summed E-state index contributed by atoms with van der Waals surface area (Å²) in [5, 5.41) is 3.29. The molecular weight excluding hydrogens is 1030 g/mol. The lowest BCUT2D eigenvalue weighted by Crippen LogP contribution is -2.22. The summed E-state index contributed by atoms with van der Waals surface area (Å²) < 4.78 is 7.80. The van der Waals surface area contributed by atoms with Crippen molar-refractivity contribution < 1.29 is 19.1 Å². The second-order valence-electron chi connectivity index (χ2n) is 24.3. The van der Waals surface area contributed by atoms with E-state index in [0.717, 1.165) is 65.1 Å². The van der Waals surface area contributed by atoms with Gasteiger partial charge < -0.3 is 35.2 Å². The number of aromatic amines is 2. The highest BCUT2D eigenvalue weighted by Gasteiger charge is 2.30. The summed E-state index contributed by atoms with van der Waals surface area (Å²) in [6.07, 6.45) is 10.5. The van der Waals surface area contributed by atoms with Crippen LogP contribution in [0.4, 0.5) is 17.1 Å². The Balaban J connectivity index is 0.000000196. The standard InChI is InChI=1S/C23H32N4O2Si.C21H26N4O.C19H22N4O.CH4/c1-23(2,3)21(28)18-14-27(15-29-10-11-30(4,5)6)22-20(18)26-19(13-25-22)16-8-7-9-17(24)12-16;1-6-25(7-2)15-10-8-9-14(11-15)17-13-23-20-18(24-17)16(12-22-20)19(26)21(3,4)5;1-5-20-13-8-6-7-12(9-13)15-11-22-18-16(23-15)14(10-21-18)17(24)19(2,3)4;/h7-9,12-14H,10-11,15,24H2,1-6H3;8-13H,6-7H2,1-5H3,(H,22,23);6-11,20H,5H2,1-4H3,(H,21,22);1H4. The van der Waals surface area contributed by atoms with E-state index in [4.69, 9.17) is 25.4 Å². The van der Waals surface area contributed by atoms with Crippen LogP contribution in [0.25, 0.3) is 67.3 Å². The quantitative estimate of drug-likeness (QED) is 0.0307. The lowest BCUT2D eigenvalue weighted by molar-refractivity contribution is 0.0845. The number of aromatic nitrogens is 9. The minimum absolute atomic E-state index is 0. The molecule has 428 valence electrons. The summed E-state index contributed by atoms with van der Waals surface area (Å²) in [5.41, 5.74) is 18.0. The van der Waals surface area contributed by atoms with Crippen LogP contribution in [-0.2, 0) is 11.5 Å². The van der Waals surface area contributed by atoms with E-state index in [0.29, 0.717) is 74.9 Å². The molecule has 0 unspecified atom stereocenters. The van der Waals surface area contributed by atoms with E-state index in [2.05, 4.69) is 87.7 Å². The van der Waals surface area contributed by atoms with Gasteiger partial charge in [-0.2, -0.15) is 0 Å². The molecule has 81 heavy (non-hydrogen) atoms. The van der Waals surface area contributed by atoms with Gasteiger partial charge in [-0.25, -0.2) is 29.9 Å². The molecular formula is C64H84N12O4Si. The van der Waals surface area contributed by atoms with Gasteiger partial charge in [-0.15, -0.1) is 0 Å². The molecule has 0 amide bonds. The number of nitrogens with two attached hydrogens (primary N) is 1. The van der Waals surface area contributed by atoms with Crippen LogP contribution in [-0.4, -0.2) is 96.1 Å². The number of ether oxygens (including phenoxy) is 1. The maximum absolute atomic E-state index is 13.1. The highest BCUT2D eigenvalue weighted by molar-refractivity contribution is 6.76. The Morgan fingerprint density at radius 2 is 1.10 bits per heavy atom. The van der Waals surface area contributed by atoms with Gasteiger partial charge in [-0.1, -0.05) is 126 Å². The van der Waals surface area contributed by atoms with Crippen molar-refractivity contribution in [3.63, 3.8) is 0 Å². The first-order chi connectivity index (χ1) is 37.7. The number of nitrogens with zero attached hydrogens (tertiary/aromatic N) is 8. The number of nitrogen functional groups attached to an aromatic ring is 1. The molecule has 17 heteroatoms. The van der Waals surface area contributed by atoms with Crippen molar-refractivity contribution in [3.05, 3.63) is 127 Å². The fraction of sp³-hybridized carbons (Fsp3) is 0.391. The zero-order valence-electron chi connectivity index (χ0n) is 49.4. The highest BCUT2D eigenvalue weighted by Crippen LogP contribution is 2.32. The van der Waals surface area contributed by atoms with Crippen LogP contribution in [0, 0.1) is 16.2 Å². The first-order valence-corrected chi connectivity index (χ1v) is 31.2. The molecule has 5 N–H and O–H groups in total. The van der Waals surface area contributed by atoms with Gasteiger partial charge in [0.2, 0.25) is 0 Å². The number of benzene rings is 3. The molecule has 9 rings (SSSR count). The van der Waals surface area contributed by atoms with E-state index in [-0.39, 0.29) is 24.8 Å². The Morgan fingerprint density at radius 3 is 1.59 bits per heavy atom. The fourth-order valence-electron chi connectivity index (χ4n) is 8.76. The Bertz CT molecular complexity index is 3640. The van der Waals surface area contributed by atoms with Crippen molar-refractivity contribution in [3.8, 4) is 33.8 Å². The molecule has 0 bridgehead atoms. The third-order valence-corrected chi connectivity index (χ3v) is 15.0. The van der Waals surface area contributed by atoms with Gasteiger partial charge in [0.1, 0.15) is 23.3 Å². The van der Waals surface area contributed by atoms with Crippen LogP contribution < -0.4 is 16.0 Å². The topological polar surface area (TPSA) is 216 Å². The van der Waals surface area contributed by atoms with Crippen molar-refractivity contribution in [1.29, 1.82) is 0 Å². The lowest BCUT2D eigenvalue weighted by Gasteiger charge is -2.21. The van der Waals surface area contributed by atoms with Crippen LogP contribution >= 0.6 is 0 Å². The largest absolute Gasteiger partial charge is 0.399 e. The third-order valence-electron chi connectivity index (χ3n) is 13.3. The first-order valence-electron chi connectivity index (χ1n) is 27.5. The summed E-state index contributed by atoms with van der Waals surface area (Å²) >= 11 is 0. The number of hydrogen-bond acceptors (Lipinski definition) is 13. The SMILES string of the molecule is C.CC(C)(C)C(=O)c1cn(COCC[Si](C)(C)C)c2ncc(-c3cccc(N)c3)nc12.CCN(CC)c1cccc(-c2cnc3[nH]cc(C(=O)C(C)(C)C)c3n2)c1.CCNc1cccc(-c2cnc3[nH]cc(C(=O)C(C)(C)C)c3n2)c1. The van der Waals surface area contributed by atoms with Crippen molar-refractivity contribution in [2.24, 2.45) is 16.2 Å². The Hall–Kier alpha value is -7.89. The van der Waals surface area contributed by atoms with E-state index < -0.39 is 24.3 Å². The molecule has 3 aromatic carbocycles. The Labute approximate surface area is 479 Å². The van der Waals surface area contributed by atoms with Crippen LogP contribution in [0.1, 0.15) is 122 Å². The molecule has 0 saturated heterocycles. The smallest absolute Gasteiger partial charge is 0.171 e. The highest BCUT2D eigenvalue weighted by atomic mass is 28.3. The third kappa shape index (κ3) is 15.3. The van der Waals surface area contributed by atoms with E-state index in [1.54, 1.807) is 31.0 Å². The minimum Gasteiger partial charge on any atom is -0.399 e. The number of nitrogens with one attached hydrogen (secondary N) is 3. The van der Waals surface area contributed by atoms with Crippen LogP contribution in [0.3, 0.4) is 0 Å². The maximum atomic E-state index is 13.1. The van der Waals surface area contributed by atoms with Gasteiger partial charge in [0.25, 0.3) is 0 Å². The predicted octanol–water partition coefficient (Wildman–Crippen LogP) is 14.8. The predicted molar refractivity (Wildman–Crippen MR) is 336 cm³/mol. The number of anilines is 3. The van der Waals surface area contributed by atoms with Crippen molar-refractivity contribution in [1.82, 2.24) is 44.4 Å². The first kappa shape index (κ1) is 62.3. The Morgan fingerprint density at radius 1 is 0.630 bits per heavy atom.